The molecule has 0 fully saturated rings. The summed E-state index contributed by atoms with van der Waals surface area (Å²) in [5.41, 5.74) is 0. The van der Waals surface area contributed by atoms with Gasteiger partial charge in [-0.2, -0.15) is 0 Å². The van der Waals surface area contributed by atoms with Crippen molar-refractivity contribution in [2.75, 3.05) is 0 Å². The molecule has 0 aromatic heterocycles. The van der Waals surface area contributed by atoms with Crippen molar-refractivity contribution >= 4 is 71.6 Å². The number of hydrogen-bond acceptors (Lipinski definition) is 0. The Bertz CT molecular complexity index is 693. The fourth-order valence-corrected chi connectivity index (χ4v) is 6.43. The summed E-state index contributed by atoms with van der Waals surface area (Å²) in [6.07, 6.45) is 0. The molecule has 0 unspecified atom stereocenters. The minimum absolute atomic E-state index is 0.585. The predicted molar refractivity (Wildman–Crippen MR) is 108 cm³/mol. The SMILES string of the molecule is Brc1cccc(P(c2cccc(Br)c2)c2cccc(Br)c2)c1. The molecule has 110 valence electrons. The summed E-state index contributed by atoms with van der Waals surface area (Å²) in [5.74, 6) is 0. The van der Waals surface area contributed by atoms with Crippen LogP contribution in [0.15, 0.2) is 86.2 Å². The van der Waals surface area contributed by atoms with E-state index >= 15 is 0 Å². The van der Waals surface area contributed by atoms with Gasteiger partial charge in [-0.1, -0.05) is 84.2 Å². The summed E-state index contributed by atoms with van der Waals surface area (Å²) in [6, 6.07) is 25.8. The topological polar surface area (TPSA) is 0 Å². The first-order chi connectivity index (χ1) is 10.6. The van der Waals surface area contributed by atoms with Crippen molar-refractivity contribution in [3.05, 3.63) is 86.2 Å². The van der Waals surface area contributed by atoms with Crippen molar-refractivity contribution in [1.29, 1.82) is 0 Å². The standard InChI is InChI=1S/C18H12Br3P/c19-13-4-1-7-16(10-13)22(17-8-2-5-14(20)11-17)18-9-3-6-15(21)12-18/h1-12H. The lowest BCUT2D eigenvalue weighted by Gasteiger charge is -2.20. The highest BCUT2D eigenvalue weighted by atomic mass is 79.9. The number of halogens is 3. The van der Waals surface area contributed by atoms with Gasteiger partial charge in [0.25, 0.3) is 0 Å². The number of benzene rings is 3. The van der Waals surface area contributed by atoms with E-state index in [4.69, 9.17) is 0 Å². The van der Waals surface area contributed by atoms with Crippen LogP contribution in [0.3, 0.4) is 0 Å². The molecule has 4 heteroatoms. The second-order valence-corrected chi connectivity index (χ2v) is 9.74. The Balaban J connectivity index is 2.18. The third-order valence-electron chi connectivity index (χ3n) is 3.20. The van der Waals surface area contributed by atoms with E-state index in [0.29, 0.717) is 0 Å². The van der Waals surface area contributed by atoms with E-state index in [9.17, 15) is 0 Å². The zero-order chi connectivity index (χ0) is 15.5. The van der Waals surface area contributed by atoms with Crippen LogP contribution in [-0.4, -0.2) is 0 Å². The Morgan fingerprint density at radius 3 is 1.09 bits per heavy atom. The van der Waals surface area contributed by atoms with Crippen LogP contribution in [0, 0.1) is 0 Å². The lowest BCUT2D eigenvalue weighted by Crippen LogP contribution is -2.20. The third-order valence-corrected chi connectivity index (χ3v) is 7.06. The molecule has 0 saturated carbocycles. The third kappa shape index (κ3) is 3.89. The lowest BCUT2D eigenvalue weighted by atomic mass is 10.4. The van der Waals surface area contributed by atoms with Crippen LogP contribution in [-0.2, 0) is 0 Å². The number of hydrogen-bond donors (Lipinski definition) is 0. The van der Waals surface area contributed by atoms with Gasteiger partial charge in [-0.3, -0.25) is 0 Å². The molecule has 0 N–H and O–H groups in total. The van der Waals surface area contributed by atoms with Gasteiger partial charge in [0.1, 0.15) is 0 Å². The average molecular weight is 499 g/mol. The van der Waals surface area contributed by atoms with Crippen LogP contribution < -0.4 is 15.9 Å². The quantitative estimate of drug-likeness (QED) is 0.404. The van der Waals surface area contributed by atoms with Gasteiger partial charge >= 0.3 is 0 Å². The molecule has 0 spiro atoms. The van der Waals surface area contributed by atoms with Crippen LogP contribution in [0.5, 0.6) is 0 Å². The van der Waals surface area contributed by atoms with Gasteiger partial charge in [0.15, 0.2) is 0 Å². The molecule has 0 heterocycles. The van der Waals surface area contributed by atoms with Gasteiger partial charge in [-0.25, -0.2) is 0 Å². The van der Waals surface area contributed by atoms with Crippen LogP contribution in [0.2, 0.25) is 0 Å². The van der Waals surface area contributed by atoms with E-state index in [-0.39, 0.29) is 0 Å². The van der Waals surface area contributed by atoms with Gasteiger partial charge in [0, 0.05) is 13.4 Å². The van der Waals surface area contributed by atoms with Crippen molar-refractivity contribution in [3.8, 4) is 0 Å². The van der Waals surface area contributed by atoms with Crippen molar-refractivity contribution < 1.29 is 0 Å². The molecule has 0 bridgehead atoms. The average Bonchev–Trinajstić information content (AvgIpc) is 2.48. The summed E-state index contributed by atoms with van der Waals surface area (Å²) >= 11 is 10.8. The fraction of sp³-hybridized carbons (Fsp3) is 0. The van der Waals surface area contributed by atoms with Gasteiger partial charge in [0.2, 0.25) is 0 Å². The molecular formula is C18H12Br3P. The van der Waals surface area contributed by atoms with Crippen molar-refractivity contribution in [3.63, 3.8) is 0 Å². The minimum Gasteiger partial charge on any atom is -0.0605 e. The molecule has 0 aliphatic rings. The first-order valence-corrected chi connectivity index (χ1v) is 10.4. The zero-order valence-electron chi connectivity index (χ0n) is 11.5. The largest absolute Gasteiger partial charge is 0.0605 e. The second-order valence-electron chi connectivity index (χ2n) is 4.78. The molecule has 0 aliphatic heterocycles. The van der Waals surface area contributed by atoms with Gasteiger partial charge in [-0.15, -0.1) is 0 Å². The molecule has 0 atom stereocenters. The normalized spacial score (nSPS) is 10.9. The van der Waals surface area contributed by atoms with Gasteiger partial charge in [-0.05, 0) is 60.2 Å². The maximum atomic E-state index is 3.60. The first kappa shape index (κ1) is 16.4. The van der Waals surface area contributed by atoms with E-state index < -0.39 is 7.92 Å². The summed E-state index contributed by atoms with van der Waals surface area (Å²) < 4.78 is 3.34. The summed E-state index contributed by atoms with van der Waals surface area (Å²) in [4.78, 5) is 0. The summed E-state index contributed by atoms with van der Waals surface area (Å²) in [5, 5.41) is 4.00. The predicted octanol–water partition coefficient (Wildman–Crippen LogP) is 5.73. The Kier molecular flexibility index (Phi) is 5.51. The highest BCUT2D eigenvalue weighted by Crippen LogP contribution is 2.35. The maximum Gasteiger partial charge on any atom is 0.0181 e. The first-order valence-electron chi connectivity index (χ1n) is 6.70. The van der Waals surface area contributed by atoms with Crippen molar-refractivity contribution in [2.24, 2.45) is 0 Å². The van der Waals surface area contributed by atoms with E-state index in [1.54, 1.807) is 0 Å². The Hall–Kier alpha value is -0.470. The smallest absolute Gasteiger partial charge is 0.0181 e. The highest BCUT2D eigenvalue weighted by Gasteiger charge is 2.17. The van der Waals surface area contributed by atoms with Gasteiger partial charge in [0.05, 0.1) is 0 Å². The van der Waals surface area contributed by atoms with Crippen LogP contribution in [0.4, 0.5) is 0 Å². The van der Waals surface area contributed by atoms with E-state index in [2.05, 4.69) is 121 Å². The van der Waals surface area contributed by atoms with E-state index in [1.807, 2.05) is 0 Å². The molecule has 3 rings (SSSR count). The molecule has 3 aromatic rings. The second kappa shape index (κ2) is 7.40. The maximum absolute atomic E-state index is 3.60. The Morgan fingerprint density at radius 2 is 0.818 bits per heavy atom. The van der Waals surface area contributed by atoms with Crippen LogP contribution in [0.1, 0.15) is 0 Å². The molecular weight excluding hydrogens is 487 g/mol. The summed E-state index contributed by atoms with van der Waals surface area (Å²) in [6.45, 7) is 0. The van der Waals surface area contributed by atoms with Gasteiger partial charge < -0.3 is 0 Å². The number of rotatable bonds is 3. The highest BCUT2D eigenvalue weighted by molar-refractivity contribution is 9.11. The van der Waals surface area contributed by atoms with Crippen molar-refractivity contribution in [2.45, 2.75) is 0 Å². The molecule has 0 saturated heterocycles. The van der Waals surface area contributed by atoms with E-state index in [0.717, 1.165) is 13.4 Å². The molecule has 3 aromatic carbocycles. The summed E-state index contributed by atoms with van der Waals surface area (Å²) in [7, 11) is -0.585. The molecule has 22 heavy (non-hydrogen) atoms. The minimum atomic E-state index is -0.585. The Labute approximate surface area is 157 Å². The van der Waals surface area contributed by atoms with Crippen LogP contribution >= 0.6 is 55.7 Å². The zero-order valence-corrected chi connectivity index (χ0v) is 17.2. The molecule has 0 radical (unpaired) electrons. The molecule has 0 nitrogen and oxygen atoms in total. The molecule has 0 aliphatic carbocycles. The fourth-order valence-electron chi connectivity index (χ4n) is 2.29. The molecule has 0 amide bonds. The lowest BCUT2D eigenvalue weighted by molar-refractivity contribution is 1.67. The Morgan fingerprint density at radius 1 is 0.500 bits per heavy atom. The van der Waals surface area contributed by atoms with Crippen LogP contribution in [0.25, 0.3) is 0 Å². The van der Waals surface area contributed by atoms with Crippen molar-refractivity contribution in [1.82, 2.24) is 0 Å². The van der Waals surface area contributed by atoms with E-state index in [1.165, 1.54) is 15.9 Å². The monoisotopic (exact) mass is 496 g/mol.